The fourth-order valence-corrected chi connectivity index (χ4v) is 3.07. The SMILES string of the molecule is CC(SCc1ccccc1)C(=O)NCCc1cccc(C(=O)O)c1. The van der Waals surface area contributed by atoms with Gasteiger partial charge in [-0.3, -0.25) is 4.79 Å². The van der Waals surface area contributed by atoms with Crippen molar-refractivity contribution in [3.8, 4) is 0 Å². The quantitative estimate of drug-likeness (QED) is 0.771. The normalized spacial score (nSPS) is 11.7. The Morgan fingerprint density at radius 2 is 1.79 bits per heavy atom. The fraction of sp³-hybridized carbons (Fsp3) is 0.263. The van der Waals surface area contributed by atoms with Crippen molar-refractivity contribution in [3.05, 3.63) is 71.3 Å². The van der Waals surface area contributed by atoms with E-state index in [9.17, 15) is 9.59 Å². The van der Waals surface area contributed by atoms with Crippen molar-refractivity contribution < 1.29 is 14.7 Å². The van der Waals surface area contributed by atoms with E-state index in [1.54, 1.807) is 30.0 Å². The summed E-state index contributed by atoms with van der Waals surface area (Å²) in [6.45, 7) is 2.39. The van der Waals surface area contributed by atoms with Gasteiger partial charge in [0.05, 0.1) is 10.8 Å². The van der Waals surface area contributed by atoms with Gasteiger partial charge >= 0.3 is 5.97 Å². The minimum Gasteiger partial charge on any atom is -0.478 e. The number of benzene rings is 2. The Morgan fingerprint density at radius 1 is 1.08 bits per heavy atom. The molecular formula is C19H21NO3S. The molecule has 0 fully saturated rings. The van der Waals surface area contributed by atoms with Crippen molar-refractivity contribution in [2.75, 3.05) is 6.54 Å². The summed E-state index contributed by atoms with van der Waals surface area (Å²) in [6, 6.07) is 16.8. The van der Waals surface area contributed by atoms with Gasteiger partial charge in [-0.2, -0.15) is 0 Å². The van der Waals surface area contributed by atoms with Crippen molar-refractivity contribution in [1.29, 1.82) is 0 Å². The van der Waals surface area contributed by atoms with E-state index in [0.29, 0.717) is 13.0 Å². The lowest BCUT2D eigenvalue weighted by molar-refractivity contribution is -0.120. The summed E-state index contributed by atoms with van der Waals surface area (Å²) in [4.78, 5) is 23.0. The molecule has 2 aromatic carbocycles. The molecule has 0 radical (unpaired) electrons. The molecule has 0 spiro atoms. The molecular weight excluding hydrogens is 322 g/mol. The number of carboxylic acids is 1. The van der Waals surface area contributed by atoms with Crippen LogP contribution in [-0.2, 0) is 17.0 Å². The van der Waals surface area contributed by atoms with E-state index >= 15 is 0 Å². The van der Waals surface area contributed by atoms with Crippen molar-refractivity contribution in [2.24, 2.45) is 0 Å². The maximum atomic E-state index is 12.1. The Hall–Kier alpha value is -2.27. The Kier molecular flexibility index (Phi) is 6.88. The summed E-state index contributed by atoms with van der Waals surface area (Å²) in [5, 5.41) is 11.8. The molecule has 0 aromatic heterocycles. The average molecular weight is 343 g/mol. The number of rotatable bonds is 8. The topological polar surface area (TPSA) is 66.4 Å². The zero-order valence-corrected chi connectivity index (χ0v) is 14.4. The van der Waals surface area contributed by atoms with E-state index in [1.165, 1.54) is 5.56 Å². The first-order chi connectivity index (χ1) is 11.6. The van der Waals surface area contributed by atoms with E-state index in [1.807, 2.05) is 43.3 Å². The van der Waals surface area contributed by atoms with Crippen LogP contribution in [0.25, 0.3) is 0 Å². The molecule has 2 rings (SSSR count). The van der Waals surface area contributed by atoms with E-state index in [-0.39, 0.29) is 16.7 Å². The van der Waals surface area contributed by atoms with Crippen LogP contribution in [0.3, 0.4) is 0 Å². The molecule has 4 nitrogen and oxygen atoms in total. The van der Waals surface area contributed by atoms with Crippen LogP contribution in [0.2, 0.25) is 0 Å². The molecule has 126 valence electrons. The number of hydrogen-bond acceptors (Lipinski definition) is 3. The molecule has 0 aliphatic rings. The van der Waals surface area contributed by atoms with E-state index in [2.05, 4.69) is 5.32 Å². The molecule has 2 aromatic rings. The largest absolute Gasteiger partial charge is 0.478 e. The Labute approximate surface area is 146 Å². The van der Waals surface area contributed by atoms with Crippen molar-refractivity contribution in [2.45, 2.75) is 24.3 Å². The summed E-state index contributed by atoms with van der Waals surface area (Å²) in [5.41, 5.74) is 2.37. The standard InChI is InChI=1S/C19H21NO3S/c1-14(24-13-16-6-3-2-4-7-16)18(21)20-11-10-15-8-5-9-17(12-15)19(22)23/h2-9,12,14H,10-11,13H2,1H3,(H,20,21)(H,22,23). The van der Waals surface area contributed by atoms with Crippen molar-refractivity contribution in [3.63, 3.8) is 0 Å². The van der Waals surface area contributed by atoms with Gasteiger partial charge in [-0.15, -0.1) is 11.8 Å². The number of aromatic carboxylic acids is 1. The first kappa shape index (κ1) is 18.1. The zero-order chi connectivity index (χ0) is 17.4. The smallest absolute Gasteiger partial charge is 0.335 e. The van der Waals surface area contributed by atoms with Gasteiger partial charge in [0, 0.05) is 12.3 Å². The summed E-state index contributed by atoms with van der Waals surface area (Å²) in [5.74, 6) is -0.132. The fourth-order valence-electron chi connectivity index (χ4n) is 2.20. The van der Waals surface area contributed by atoms with Gasteiger partial charge in [0.2, 0.25) is 5.91 Å². The van der Waals surface area contributed by atoms with Crippen LogP contribution in [0.1, 0.15) is 28.4 Å². The maximum absolute atomic E-state index is 12.1. The zero-order valence-electron chi connectivity index (χ0n) is 13.6. The molecule has 0 saturated heterocycles. The minimum atomic E-state index is -0.938. The van der Waals surface area contributed by atoms with Crippen molar-refractivity contribution in [1.82, 2.24) is 5.32 Å². The second-order valence-corrected chi connectivity index (χ2v) is 6.81. The molecule has 1 unspecified atom stereocenters. The molecule has 0 aliphatic heterocycles. The Bertz CT molecular complexity index is 688. The van der Waals surface area contributed by atoms with E-state index in [4.69, 9.17) is 5.11 Å². The van der Waals surface area contributed by atoms with Crippen LogP contribution >= 0.6 is 11.8 Å². The van der Waals surface area contributed by atoms with Crippen LogP contribution in [0.15, 0.2) is 54.6 Å². The second-order valence-electron chi connectivity index (χ2n) is 5.49. The Morgan fingerprint density at radius 3 is 2.50 bits per heavy atom. The molecule has 24 heavy (non-hydrogen) atoms. The third kappa shape index (κ3) is 5.74. The predicted octanol–water partition coefficient (Wildman–Crippen LogP) is 3.37. The van der Waals surface area contributed by atoms with Gasteiger partial charge in [0.25, 0.3) is 0 Å². The second kappa shape index (κ2) is 9.13. The summed E-state index contributed by atoms with van der Waals surface area (Å²) in [7, 11) is 0. The lowest BCUT2D eigenvalue weighted by atomic mass is 10.1. The number of nitrogens with one attached hydrogen (secondary N) is 1. The molecule has 2 N–H and O–H groups in total. The highest BCUT2D eigenvalue weighted by atomic mass is 32.2. The third-order valence-corrected chi connectivity index (χ3v) is 4.81. The van der Waals surface area contributed by atoms with Crippen LogP contribution in [0.4, 0.5) is 0 Å². The minimum absolute atomic E-state index is 0.00493. The number of carbonyl (C=O) groups is 2. The number of carboxylic acid groups (broad SMARTS) is 1. The highest BCUT2D eigenvalue weighted by Gasteiger charge is 2.13. The van der Waals surface area contributed by atoms with E-state index in [0.717, 1.165) is 11.3 Å². The van der Waals surface area contributed by atoms with Crippen molar-refractivity contribution >= 4 is 23.6 Å². The van der Waals surface area contributed by atoms with Gasteiger partial charge in [-0.25, -0.2) is 4.79 Å². The highest BCUT2D eigenvalue weighted by molar-refractivity contribution is 7.99. The van der Waals surface area contributed by atoms with Crippen LogP contribution in [0.5, 0.6) is 0 Å². The predicted molar refractivity (Wildman–Crippen MR) is 97.3 cm³/mol. The lowest BCUT2D eigenvalue weighted by Crippen LogP contribution is -2.32. The summed E-state index contributed by atoms with van der Waals surface area (Å²) < 4.78 is 0. The lowest BCUT2D eigenvalue weighted by Gasteiger charge is -2.12. The van der Waals surface area contributed by atoms with Gasteiger partial charge in [-0.1, -0.05) is 42.5 Å². The van der Waals surface area contributed by atoms with E-state index < -0.39 is 5.97 Å². The van der Waals surface area contributed by atoms with Gasteiger partial charge in [-0.05, 0) is 36.6 Å². The molecule has 1 amide bonds. The summed E-state index contributed by atoms with van der Waals surface area (Å²) in [6.07, 6.45) is 0.614. The molecule has 0 bridgehead atoms. The summed E-state index contributed by atoms with van der Waals surface area (Å²) >= 11 is 1.60. The monoisotopic (exact) mass is 343 g/mol. The van der Waals surface area contributed by atoms with Crippen LogP contribution in [0, 0.1) is 0 Å². The molecule has 0 aliphatic carbocycles. The molecule has 5 heteroatoms. The van der Waals surface area contributed by atoms with Crippen LogP contribution in [-0.4, -0.2) is 28.8 Å². The van der Waals surface area contributed by atoms with Gasteiger partial charge < -0.3 is 10.4 Å². The molecule has 0 saturated carbocycles. The molecule has 1 atom stereocenters. The number of hydrogen-bond donors (Lipinski definition) is 2. The number of thioether (sulfide) groups is 1. The highest BCUT2D eigenvalue weighted by Crippen LogP contribution is 2.17. The number of carbonyl (C=O) groups excluding carboxylic acids is 1. The average Bonchev–Trinajstić information content (AvgIpc) is 2.60. The third-order valence-electron chi connectivity index (χ3n) is 3.60. The first-order valence-electron chi connectivity index (χ1n) is 7.81. The van der Waals surface area contributed by atoms with Crippen LogP contribution < -0.4 is 5.32 Å². The Balaban J connectivity index is 1.74. The first-order valence-corrected chi connectivity index (χ1v) is 8.86. The molecule has 0 heterocycles. The van der Waals surface area contributed by atoms with Gasteiger partial charge in [0.1, 0.15) is 0 Å². The van der Waals surface area contributed by atoms with Gasteiger partial charge in [0.15, 0.2) is 0 Å². The maximum Gasteiger partial charge on any atom is 0.335 e. The number of amides is 1.